The van der Waals surface area contributed by atoms with Crippen molar-refractivity contribution >= 4 is 11.6 Å². The largest absolute Gasteiger partial charge is 0.330 e. The van der Waals surface area contributed by atoms with Gasteiger partial charge in [-0.3, -0.25) is 4.68 Å². The maximum absolute atomic E-state index is 6.22. The van der Waals surface area contributed by atoms with Crippen molar-refractivity contribution in [2.24, 2.45) is 24.1 Å². The fourth-order valence-electron chi connectivity index (χ4n) is 1.90. The Morgan fingerprint density at radius 1 is 1.44 bits per heavy atom. The average molecular weight is 244 g/mol. The average Bonchev–Trinajstić information content (AvgIpc) is 2.37. The lowest BCUT2D eigenvalue weighted by atomic mass is 9.77. The highest BCUT2D eigenvalue weighted by molar-refractivity contribution is 6.30. The molecule has 1 heterocycles. The molecule has 0 aliphatic rings. The Hall–Kier alpha value is -0.540. The number of hydrogen-bond donors (Lipinski definition) is 1. The summed E-state index contributed by atoms with van der Waals surface area (Å²) >= 11 is 6.22. The predicted octanol–water partition coefficient (Wildman–Crippen LogP) is 2.55. The quantitative estimate of drug-likeness (QED) is 0.887. The van der Waals surface area contributed by atoms with Crippen molar-refractivity contribution in [3.05, 3.63) is 16.4 Å². The molecular formula is C12H22ClN3. The van der Waals surface area contributed by atoms with Crippen molar-refractivity contribution in [1.82, 2.24) is 9.78 Å². The van der Waals surface area contributed by atoms with Gasteiger partial charge >= 0.3 is 0 Å². The molecule has 0 amide bonds. The van der Waals surface area contributed by atoms with Crippen LogP contribution >= 0.6 is 11.6 Å². The molecular weight excluding hydrogens is 222 g/mol. The molecule has 1 atom stereocenters. The zero-order valence-corrected chi connectivity index (χ0v) is 11.6. The highest BCUT2D eigenvalue weighted by Crippen LogP contribution is 2.31. The van der Waals surface area contributed by atoms with Crippen LogP contribution in [0, 0.1) is 18.3 Å². The first-order chi connectivity index (χ1) is 7.27. The van der Waals surface area contributed by atoms with Crippen LogP contribution in [0.5, 0.6) is 0 Å². The van der Waals surface area contributed by atoms with Gasteiger partial charge in [-0.25, -0.2) is 0 Å². The van der Waals surface area contributed by atoms with Gasteiger partial charge < -0.3 is 5.73 Å². The Balaban J connectivity index is 2.95. The van der Waals surface area contributed by atoms with Gasteiger partial charge in [-0.05, 0) is 31.2 Å². The van der Waals surface area contributed by atoms with E-state index in [0.29, 0.717) is 12.5 Å². The van der Waals surface area contributed by atoms with Crippen LogP contribution in [0.25, 0.3) is 0 Å². The molecule has 1 aromatic rings. The van der Waals surface area contributed by atoms with Crippen LogP contribution in [0.4, 0.5) is 0 Å². The lowest BCUT2D eigenvalue weighted by Crippen LogP contribution is -2.30. The van der Waals surface area contributed by atoms with Crippen molar-refractivity contribution < 1.29 is 0 Å². The summed E-state index contributed by atoms with van der Waals surface area (Å²) in [5, 5.41) is 5.06. The van der Waals surface area contributed by atoms with Crippen LogP contribution in [0.3, 0.4) is 0 Å². The molecule has 0 aliphatic carbocycles. The van der Waals surface area contributed by atoms with E-state index in [9.17, 15) is 0 Å². The topological polar surface area (TPSA) is 43.8 Å². The van der Waals surface area contributed by atoms with Crippen molar-refractivity contribution in [2.45, 2.75) is 34.1 Å². The second kappa shape index (κ2) is 4.76. The third kappa shape index (κ3) is 2.77. The number of hydrogen-bond acceptors (Lipinski definition) is 2. The third-order valence-electron chi connectivity index (χ3n) is 3.23. The van der Waals surface area contributed by atoms with E-state index in [-0.39, 0.29) is 5.41 Å². The summed E-state index contributed by atoms with van der Waals surface area (Å²) in [5.74, 6) is 0.424. The first-order valence-electron chi connectivity index (χ1n) is 5.65. The predicted molar refractivity (Wildman–Crippen MR) is 68.7 cm³/mol. The Kier molecular flexibility index (Phi) is 4.02. The Morgan fingerprint density at radius 3 is 2.31 bits per heavy atom. The molecule has 0 fully saturated rings. The van der Waals surface area contributed by atoms with Gasteiger partial charge in [-0.1, -0.05) is 32.4 Å². The molecule has 0 radical (unpaired) electrons. The van der Waals surface area contributed by atoms with Crippen LogP contribution in [-0.4, -0.2) is 16.3 Å². The molecule has 3 nitrogen and oxygen atoms in total. The fraction of sp³-hybridized carbons (Fsp3) is 0.750. The number of rotatable bonds is 3. The molecule has 0 saturated carbocycles. The lowest BCUT2D eigenvalue weighted by molar-refractivity contribution is 0.245. The second-order valence-corrected chi connectivity index (χ2v) is 5.84. The fourth-order valence-corrected chi connectivity index (χ4v) is 2.15. The normalized spacial score (nSPS) is 14.2. The van der Waals surface area contributed by atoms with E-state index in [1.165, 1.54) is 0 Å². The summed E-state index contributed by atoms with van der Waals surface area (Å²) in [6.07, 6.45) is 0.901. The van der Waals surface area contributed by atoms with E-state index in [4.69, 9.17) is 17.3 Å². The first kappa shape index (κ1) is 13.5. The Morgan fingerprint density at radius 2 is 2.00 bits per heavy atom. The van der Waals surface area contributed by atoms with Crippen molar-refractivity contribution in [3.8, 4) is 0 Å². The van der Waals surface area contributed by atoms with E-state index in [1.807, 2.05) is 14.0 Å². The molecule has 2 N–H and O–H groups in total. The smallest absolute Gasteiger partial charge is 0.130 e. The van der Waals surface area contributed by atoms with Gasteiger partial charge in [0.25, 0.3) is 0 Å². The van der Waals surface area contributed by atoms with E-state index < -0.39 is 0 Å². The molecule has 92 valence electrons. The van der Waals surface area contributed by atoms with Crippen LogP contribution in [0.2, 0.25) is 5.15 Å². The molecule has 1 aromatic heterocycles. The standard InChI is InChI=1S/C12H22ClN3/c1-8-10(11(13)16(5)15-8)6-9(7-14)12(2,3)4/h9H,6-7,14H2,1-5H3. The minimum Gasteiger partial charge on any atom is -0.330 e. The maximum Gasteiger partial charge on any atom is 0.130 e. The van der Waals surface area contributed by atoms with Crippen molar-refractivity contribution in [3.63, 3.8) is 0 Å². The SMILES string of the molecule is Cc1nn(C)c(Cl)c1CC(CN)C(C)(C)C. The highest BCUT2D eigenvalue weighted by Gasteiger charge is 2.26. The summed E-state index contributed by atoms with van der Waals surface area (Å²) in [4.78, 5) is 0. The maximum atomic E-state index is 6.22. The van der Waals surface area contributed by atoms with E-state index in [0.717, 1.165) is 22.8 Å². The van der Waals surface area contributed by atoms with Gasteiger partial charge in [0.2, 0.25) is 0 Å². The summed E-state index contributed by atoms with van der Waals surface area (Å²) in [5.41, 5.74) is 8.18. The molecule has 16 heavy (non-hydrogen) atoms. The number of aryl methyl sites for hydroxylation is 2. The van der Waals surface area contributed by atoms with E-state index in [1.54, 1.807) is 4.68 Å². The second-order valence-electron chi connectivity index (χ2n) is 5.48. The summed E-state index contributed by atoms with van der Waals surface area (Å²) in [6.45, 7) is 9.31. The van der Waals surface area contributed by atoms with Crippen LogP contribution < -0.4 is 5.73 Å². The molecule has 0 spiro atoms. The Labute approximate surface area is 103 Å². The third-order valence-corrected chi connectivity index (χ3v) is 3.70. The van der Waals surface area contributed by atoms with E-state index >= 15 is 0 Å². The van der Waals surface area contributed by atoms with Crippen LogP contribution in [0.1, 0.15) is 32.0 Å². The molecule has 0 aromatic carbocycles. The minimum absolute atomic E-state index is 0.195. The van der Waals surface area contributed by atoms with Gasteiger partial charge in [0.05, 0.1) is 5.69 Å². The monoisotopic (exact) mass is 243 g/mol. The van der Waals surface area contributed by atoms with Gasteiger partial charge in [0.1, 0.15) is 5.15 Å². The Bertz CT molecular complexity index is 363. The highest BCUT2D eigenvalue weighted by atomic mass is 35.5. The van der Waals surface area contributed by atoms with Gasteiger partial charge in [-0.15, -0.1) is 0 Å². The number of halogens is 1. The number of nitrogens with zero attached hydrogens (tertiary/aromatic N) is 2. The number of aromatic nitrogens is 2. The number of nitrogens with two attached hydrogens (primary N) is 1. The molecule has 1 rings (SSSR count). The molecule has 1 unspecified atom stereocenters. The first-order valence-corrected chi connectivity index (χ1v) is 6.03. The van der Waals surface area contributed by atoms with Crippen LogP contribution in [0.15, 0.2) is 0 Å². The summed E-state index contributed by atoms with van der Waals surface area (Å²) < 4.78 is 1.72. The summed E-state index contributed by atoms with van der Waals surface area (Å²) in [7, 11) is 1.87. The zero-order valence-electron chi connectivity index (χ0n) is 10.8. The lowest BCUT2D eigenvalue weighted by Gasteiger charge is -2.29. The molecule has 4 heteroatoms. The van der Waals surface area contributed by atoms with Gasteiger partial charge in [0, 0.05) is 12.6 Å². The molecule has 0 saturated heterocycles. The van der Waals surface area contributed by atoms with Gasteiger partial charge in [0.15, 0.2) is 0 Å². The zero-order chi connectivity index (χ0) is 12.5. The van der Waals surface area contributed by atoms with E-state index in [2.05, 4.69) is 25.9 Å². The minimum atomic E-state index is 0.195. The van der Waals surface area contributed by atoms with Crippen molar-refractivity contribution in [2.75, 3.05) is 6.54 Å². The summed E-state index contributed by atoms with van der Waals surface area (Å²) in [6, 6.07) is 0. The van der Waals surface area contributed by atoms with Crippen LogP contribution in [-0.2, 0) is 13.5 Å². The van der Waals surface area contributed by atoms with Gasteiger partial charge in [-0.2, -0.15) is 5.10 Å². The molecule has 0 aliphatic heterocycles. The van der Waals surface area contributed by atoms with Crippen molar-refractivity contribution in [1.29, 1.82) is 0 Å². The molecule has 0 bridgehead atoms.